The average molecular weight is 281 g/mol. The van der Waals surface area contributed by atoms with Gasteiger partial charge in [-0.3, -0.25) is 4.79 Å². The van der Waals surface area contributed by atoms with Crippen LogP contribution in [0.1, 0.15) is 40.3 Å². The number of amides is 1. The molecule has 110 valence electrons. The molecule has 1 aromatic heterocycles. The maximum atomic E-state index is 12.1. The Kier molecular flexibility index (Phi) is 4.13. The molecule has 1 aliphatic heterocycles. The van der Waals surface area contributed by atoms with Crippen molar-refractivity contribution in [1.82, 2.24) is 5.32 Å². The zero-order chi connectivity index (χ0) is 14.9. The summed E-state index contributed by atoms with van der Waals surface area (Å²) in [5.41, 5.74) is 1.38. The first-order valence-electron chi connectivity index (χ1n) is 6.63. The van der Waals surface area contributed by atoms with Crippen LogP contribution in [0, 0.1) is 20.8 Å². The maximum absolute atomic E-state index is 12.1. The van der Waals surface area contributed by atoms with Crippen LogP contribution < -0.4 is 5.32 Å². The lowest BCUT2D eigenvalue weighted by atomic mass is 10.1. The number of carbonyl (C=O) groups excluding carboxylic acids is 1. The van der Waals surface area contributed by atoms with Gasteiger partial charge in [0.15, 0.2) is 6.10 Å². The highest BCUT2D eigenvalue weighted by atomic mass is 16.5. The van der Waals surface area contributed by atoms with Crippen molar-refractivity contribution >= 4 is 11.9 Å². The summed E-state index contributed by atoms with van der Waals surface area (Å²) in [6, 6.07) is 0. The topological polar surface area (TPSA) is 88.8 Å². The van der Waals surface area contributed by atoms with Gasteiger partial charge in [0.25, 0.3) is 5.91 Å². The van der Waals surface area contributed by atoms with Crippen molar-refractivity contribution in [2.75, 3.05) is 6.54 Å². The number of rotatable bonds is 4. The second-order valence-electron chi connectivity index (χ2n) is 5.09. The van der Waals surface area contributed by atoms with Crippen molar-refractivity contribution in [3.05, 3.63) is 22.6 Å². The van der Waals surface area contributed by atoms with Crippen molar-refractivity contribution in [3.63, 3.8) is 0 Å². The summed E-state index contributed by atoms with van der Waals surface area (Å²) in [4.78, 5) is 22.9. The van der Waals surface area contributed by atoms with Crippen molar-refractivity contribution in [1.29, 1.82) is 0 Å². The van der Waals surface area contributed by atoms with Crippen LogP contribution in [0.5, 0.6) is 0 Å². The van der Waals surface area contributed by atoms with Crippen molar-refractivity contribution in [3.8, 4) is 0 Å². The molecular weight excluding hydrogens is 262 g/mol. The summed E-state index contributed by atoms with van der Waals surface area (Å²) in [6.07, 6.45) is 0.128. The third-order valence-corrected chi connectivity index (χ3v) is 3.66. The summed E-state index contributed by atoms with van der Waals surface area (Å²) < 4.78 is 10.8. The van der Waals surface area contributed by atoms with E-state index in [1.54, 1.807) is 6.92 Å². The van der Waals surface area contributed by atoms with E-state index in [0.29, 0.717) is 30.7 Å². The molecule has 0 bridgehead atoms. The molecule has 1 amide bonds. The van der Waals surface area contributed by atoms with E-state index < -0.39 is 12.1 Å². The summed E-state index contributed by atoms with van der Waals surface area (Å²) in [6.45, 7) is 5.72. The van der Waals surface area contributed by atoms with Gasteiger partial charge in [0.1, 0.15) is 11.5 Å². The number of nitrogens with one attached hydrogen (secondary N) is 1. The lowest BCUT2D eigenvalue weighted by Gasteiger charge is -2.12. The Morgan fingerprint density at radius 2 is 1.95 bits per heavy atom. The number of aliphatic carboxylic acids is 1. The zero-order valence-electron chi connectivity index (χ0n) is 11.9. The largest absolute Gasteiger partial charge is 0.479 e. The number of carbonyl (C=O) groups is 2. The molecule has 1 aliphatic rings. The first-order chi connectivity index (χ1) is 9.40. The number of carboxylic acid groups (broad SMARTS) is 1. The van der Waals surface area contributed by atoms with Crippen LogP contribution in [0.4, 0.5) is 0 Å². The number of aryl methyl sites for hydroxylation is 2. The predicted octanol–water partition coefficient (Wildman–Crippen LogP) is 1.57. The molecule has 6 nitrogen and oxygen atoms in total. The molecule has 2 unspecified atom stereocenters. The van der Waals surface area contributed by atoms with Crippen LogP contribution in [0.2, 0.25) is 0 Å². The molecule has 1 fully saturated rings. The van der Waals surface area contributed by atoms with Gasteiger partial charge in [-0.15, -0.1) is 0 Å². The number of carboxylic acids is 1. The molecule has 0 radical (unpaired) electrons. The minimum Gasteiger partial charge on any atom is -0.479 e. The number of furan rings is 1. The monoisotopic (exact) mass is 281 g/mol. The van der Waals surface area contributed by atoms with Crippen LogP contribution in [0.25, 0.3) is 0 Å². The van der Waals surface area contributed by atoms with E-state index in [0.717, 1.165) is 11.3 Å². The van der Waals surface area contributed by atoms with E-state index in [-0.39, 0.29) is 12.0 Å². The summed E-state index contributed by atoms with van der Waals surface area (Å²) in [5, 5.41) is 11.6. The molecule has 0 aliphatic carbocycles. The molecule has 2 rings (SSSR count). The molecular formula is C14H19NO5. The minimum atomic E-state index is -0.948. The molecule has 0 saturated carbocycles. The molecule has 6 heteroatoms. The standard InChI is InChI=1S/C14H19NO5/c1-7-8(2)19-9(3)12(7)13(16)15-6-10-4-5-11(20-10)14(17)18/h10-11H,4-6H2,1-3H3,(H,15,16)(H,17,18). The summed E-state index contributed by atoms with van der Waals surface area (Å²) >= 11 is 0. The minimum absolute atomic E-state index is 0.209. The van der Waals surface area contributed by atoms with Crippen molar-refractivity contribution < 1.29 is 23.8 Å². The second-order valence-corrected chi connectivity index (χ2v) is 5.09. The fourth-order valence-corrected chi connectivity index (χ4v) is 2.46. The van der Waals surface area contributed by atoms with E-state index in [4.69, 9.17) is 14.3 Å². The van der Waals surface area contributed by atoms with E-state index >= 15 is 0 Å². The Bertz CT molecular complexity index is 534. The van der Waals surface area contributed by atoms with Gasteiger partial charge in [0.05, 0.1) is 11.7 Å². The van der Waals surface area contributed by atoms with Crippen molar-refractivity contribution in [2.24, 2.45) is 0 Å². The highest BCUT2D eigenvalue weighted by molar-refractivity contribution is 5.96. The molecule has 2 atom stereocenters. The molecule has 1 aromatic rings. The summed E-state index contributed by atoms with van der Waals surface area (Å²) in [7, 11) is 0. The molecule has 2 N–H and O–H groups in total. The van der Waals surface area contributed by atoms with Gasteiger partial charge in [0, 0.05) is 12.1 Å². The van der Waals surface area contributed by atoms with Gasteiger partial charge in [-0.1, -0.05) is 0 Å². The number of hydrogen-bond donors (Lipinski definition) is 2. The first-order valence-corrected chi connectivity index (χ1v) is 6.63. The molecule has 20 heavy (non-hydrogen) atoms. The second kappa shape index (κ2) is 5.66. The van der Waals surface area contributed by atoms with Gasteiger partial charge in [-0.05, 0) is 33.6 Å². The average Bonchev–Trinajstić information content (AvgIpc) is 2.93. The summed E-state index contributed by atoms with van der Waals surface area (Å²) in [5.74, 6) is 0.166. The predicted molar refractivity (Wildman–Crippen MR) is 70.8 cm³/mol. The highest BCUT2D eigenvalue weighted by Gasteiger charge is 2.30. The third kappa shape index (κ3) is 2.85. The normalized spacial score (nSPS) is 21.9. The van der Waals surface area contributed by atoms with Gasteiger partial charge < -0.3 is 19.6 Å². The van der Waals surface area contributed by atoms with Crippen molar-refractivity contribution in [2.45, 2.75) is 45.8 Å². The van der Waals surface area contributed by atoms with E-state index in [9.17, 15) is 9.59 Å². The van der Waals surface area contributed by atoms with Gasteiger partial charge in [-0.25, -0.2) is 4.79 Å². The maximum Gasteiger partial charge on any atom is 0.332 e. The molecule has 2 heterocycles. The number of ether oxygens (including phenoxy) is 1. The lowest BCUT2D eigenvalue weighted by molar-refractivity contribution is -0.149. The fraction of sp³-hybridized carbons (Fsp3) is 0.571. The Balaban J connectivity index is 1.92. The van der Waals surface area contributed by atoms with Gasteiger partial charge >= 0.3 is 5.97 Å². The Hall–Kier alpha value is -1.82. The van der Waals surface area contributed by atoms with E-state index in [1.807, 2.05) is 13.8 Å². The lowest BCUT2D eigenvalue weighted by Crippen LogP contribution is -2.33. The Labute approximate surface area is 117 Å². The molecule has 0 spiro atoms. The zero-order valence-corrected chi connectivity index (χ0v) is 11.9. The SMILES string of the molecule is Cc1oc(C)c(C(=O)NCC2CCC(C(=O)O)O2)c1C. The van der Waals surface area contributed by atoms with E-state index in [2.05, 4.69) is 5.32 Å². The van der Waals surface area contributed by atoms with Gasteiger partial charge in [0.2, 0.25) is 0 Å². The molecule has 1 saturated heterocycles. The quantitative estimate of drug-likeness (QED) is 0.874. The van der Waals surface area contributed by atoms with Crippen LogP contribution >= 0.6 is 0 Å². The first kappa shape index (κ1) is 14.6. The smallest absolute Gasteiger partial charge is 0.332 e. The third-order valence-electron chi connectivity index (χ3n) is 3.66. The number of hydrogen-bond acceptors (Lipinski definition) is 4. The fourth-order valence-electron chi connectivity index (χ4n) is 2.46. The van der Waals surface area contributed by atoms with Crippen LogP contribution in [-0.4, -0.2) is 35.7 Å². The Morgan fingerprint density at radius 3 is 2.45 bits per heavy atom. The van der Waals surface area contributed by atoms with E-state index in [1.165, 1.54) is 0 Å². The van der Waals surface area contributed by atoms with Gasteiger partial charge in [-0.2, -0.15) is 0 Å². The van der Waals surface area contributed by atoms with Crippen LogP contribution in [-0.2, 0) is 9.53 Å². The Morgan fingerprint density at radius 1 is 1.25 bits per heavy atom. The van der Waals surface area contributed by atoms with Crippen LogP contribution in [0.3, 0.4) is 0 Å². The molecule has 0 aromatic carbocycles. The van der Waals surface area contributed by atoms with Crippen LogP contribution in [0.15, 0.2) is 4.42 Å². The highest BCUT2D eigenvalue weighted by Crippen LogP contribution is 2.22.